The summed E-state index contributed by atoms with van der Waals surface area (Å²) in [6.45, 7) is 7.04. The lowest BCUT2D eigenvalue weighted by Crippen LogP contribution is -2.11. The van der Waals surface area contributed by atoms with Gasteiger partial charge in [-0.05, 0) is 25.6 Å². The van der Waals surface area contributed by atoms with E-state index in [0.29, 0.717) is 33.0 Å². The summed E-state index contributed by atoms with van der Waals surface area (Å²) in [7, 11) is 0. The van der Waals surface area contributed by atoms with Gasteiger partial charge in [-0.15, -0.1) is 0 Å². The second-order valence-corrected chi connectivity index (χ2v) is 3.33. The van der Waals surface area contributed by atoms with Crippen molar-refractivity contribution >= 4 is 12.6 Å². The zero-order valence-electron chi connectivity index (χ0n) is 11.3. The molecule has 4 nitrogen and oxygen atoms in total. The summed E-state index contributed by atoms with van der Waals surface area (Å²) in [4.78, 5) is 0. The first-order valence-electron chi connectivity index (χ1n) is 6.29. The predicted molar refractivity (Wildman–Crippen MR) is 75.9 cm³/mol. The Bertz CT molecular complexity index is 106. The Labute approximate surface area is 112 Å². The lowest BCUT2D eigenvalue weighted by Gasteiger charge is -2.06. The molecule has 17 heavy (non-hydrogen) atoms. The van der Waals surface area contributed by atoms with Crippen LogP contribution in [0.1, 0.15) is 26.2 Å². The molecule has 0 aromatic rings. The molecule has 0 heterocycles. The molecule has 2 N–H and O–H groups in total. The zero-order chi connectivity index (χ0) is 13.2. The highest BCUT2D eigenvalue weighted by molar-refractivity contribution is 7.79. The van der Waals surface area contributed by atoms with E-state index in [1.165, 1.54) is 6.42 Å². The van der Waals surface area contributed by atoms with Crippen molar-refractivity contribution in [1.82, 2.24) is 0 Å². The molecule has 0 aliphatic rings. The molecule has 0 saturated heterocycles. The van der Waals surface area contributed by atoms with Crippen LogP contribution in [-0.4, -0.2) is 52.4 Å². The Morgan fingerprint density at radius 1 is 0.765 bits per heavy atom. The molecule has 5 heteroatoms. The molecule has 0 aliphatic heterocycles. The minimum Gasteiger partial charge on any atom is -0.379 e. The quantitative estimate of drug-likeness (QED) is 0.418. The molecule has 0 aromatic carbocycles. The van der Waals surface area contributed by atoms with Crippen LogP contribution < -0.4 is 5.73 Å². The predicted octanol–water partition coefficient (Wildman–Crippen LogP) is 1.73. The summed E-state index contributed by atoms with van der Waals surface area (Å²) in [6, 6.07) is 0. The second kappa shape index (κ2) is 21.5. The lowest BCUT2D eigenvalue weighted by molar-refractivity contribution is 0.0139. The molecule has 0 aliphatic carbocycles. The van der Waals surface area contributed by atoms with Crippen LogP contribution >= 0.6 is 12.6 Å². The molecule has 0 fully saturated rings. The molecule has 0 spiro atoms. The van der Waals surface area contributed by atoms with E-state index in [1.807, 2.05) is 0 Å². The van der Waals surface area contributed by atoms with Crippen molar-refractivity contribution in [3.63, 3.8) is 0 Å². The molecule has 0 atom stereocenters. The molecule has 106 valence electrons. The maximum atomic E-state index is 5.34. The molecule has 0 aromatic heterocycles. The van der Waals surface area contributed by atoms with Crippen LogP contribution in [0.25, 0.3) is 0 Å². The van der Waals surface area contributed by atoms with Gasteiger partial charge < -0.3 is 19.9 Å². The third kappa shape index (κ3) is 21.9. The summed E-state index contributed by atoms with van der Waals surface area (Å²) in [5, 5.41) is 0. The number of thiol groups is 1. The van der Waals surface area contributed by atoms with Crippen LogP contribution in [0, 0.1) is 0 Å². The first-order chi connectivity index (χ1) is 8.41. The van der Waals surface area contributed by atoms with Gasteiger partial charge >= 0.3 is 0 Å². The normalized spacial score (nSPS) is 9.88. The number of hydrogen-bond donors (Lipinski definition) is 2. The monoisotopic (exact) mass is 267 g/mol. The minimum atomic E-state index is 0.641. The topological polar surface area (TPSA) is 53.7 Å². The van der Waals surface area contributed by atoms with Gasteiger partial charge in [0.1, 0.15) is 0 Å². The highest BCUT2D eigenvalue weighted by Gasteiger charge is 1.91. The highest BCUT2D eigenvalue weighted by Crippen LogP contribution is 1.88. The minimum absolute atomic E-state index is 0.641. The van der Waals surface area contributed by atoms with Crippen LogP contribution in [0.5, 0.6) is 0 Å². The maximum absolute atomic E-state index is 5.34. The van der Waals surface area contributed by atoms with Crippen LogP contribution in [-0.2, 0) is 14.2 Å². The van der Waals surface area contributed by atoms with Gasteiger partial charge in [-0.25, -0.2) is 0 Å². The van der Waals surface area contributed by atoms with Gasteiger partial charge in [0.25, 0.3) is 0 Å². The first-order valence-corrected chi connectivity index (χ1v) is 7.19. The molecule has 0 amide bonds. The van der Waals surface area contributed by atoms with E-state index in [-0.39, 0.29) is 0 Å². The fourth-order valence-corrected chi connectivity index (χ4v) is 0.974. The fraction of sp³-hybridized carbons (Fsp3) is 1.00. The third-order valence-corrected chi connectivity index (χ3v) is 1.88. The summed E-state index contributed by atoms with van der Waals surface area (Å²) in [6.07, 6.45) is 4.91. The van der Waals surface area contributed by atoms with Gasteiger partial charge in [-0.2, -0.15) is 12.6 Å². The van der Waals surface area contributed by atoms with Gasteiger partial charge in [0, 0.05) is 13.2 Å². The summed E-state index contributed by atoms with van der Waals surface area (Å²) < 4.78 is 15.9. The molecular formula is C12H29NO3S. The van der Waals surface area contributed by atoms with E-state index < -0.39 is 0 Å². The average Bonchev–Trinajstić information content (AvgIpc) is 2.38. The van der Waals surface area contributed by atoms with E-state index in [0.717, 1.165) is 26.1 Å². The van der Waals surface area contributed by atoms with E-state index in [1.54, 1.807) is 6.26 Å². The number of hydrogen-bond acceptors (Lipinski definition) is 5. The largest absolute Gasteiger partial charge is 0.379 e. The van der Waals surface area contributed by atoms with E-state index in [4.69, 9.17) is 19.9 Å². The van der Waals surface area contributed by atoms with E-state index in [9.17, 15) is 0 Å². The maximum Gasteiger partial charge on any atom is 0.0701 e. The van der Waals surface area contributed by atoms with Gasteiger partial charge in [0.15, 0.2) is 0 Å². The van der Waals surface area contributed by atoms with Crippen LogP contribution in [0.3, 0.4) is 0 Å². The number of rotatable bonds is 12. The van der Waals surface area contributed by atoms with Crippen molar-refractivity contribution in [2.75, 3.05) is 52.4 Å². The summed E-state index contributed by atoms with van der Waals surface area (Å²) in [5.74, 6) is 0. The zero-order valence-corrected chi connectivity index (χ0v) is 12.2. The Morgan fingerprint density at radius 3 is 1.59 bits per heavy atom. The first kappa shape index (κ1) is 19.5. The van der Waals surface area contributed by atoms with Gasteiger partial charge in [0.05, 0.1) is 26.4 Å². The van der Waals surface area contributed by atoms with E-state index in [2.05, 4.69) is 19.6 Å². The SMILES string of the molecule is CCCCOCCOCCOCCCN.CS. The Kier molecular flexibility index (Phi) is 24.7. The van der Waals surface area contributed by atoms with Gasteiger partial charge in [-0.3, -0.25) is 0 Å². The number of unbranched alkanes of at least 4 members (excludes halogenated alkanes) is 1. The third-order valence-electron chi connectivity index (χ3n) is 1.88. The fourth-order valence-electron chi connectivity index (χ4n) is 0.974. The van der Waals surface area contributed by atoms with Crippen LogP contribution in [0.2, 0.25) is 0 Å². The van der Waals surface area contributed by atoms with Crippen molar-refractivity contribution < 1.29 is 14.2 Å². The van der Waals surface area contributed by atoms with Crippen molar-refractivity contribution in [1.29, 1.82) is 0 Å². The van der Waals surface area contributed by atoms with Crippen LogP contribution in [0.4, 0.5) is 0 Å². The molecule has 0 radical (unpaired) electrons. The molecular weight excluding hydrogens is 238 g/mol. The number of ether oxygens (including phenoxy) is 3. The Hall–Kier alpha value is 0.190. The molecule has 0 saturated carbocycles. The molecule has 0 rings (SSSR count). The van der Waals surface area contributed by atoms with Gasteiger partial charge in [-0.1, -0.05) is 13.3 Å². The summed E-state index contributed by atoms with van der Waals surface area (Å²) in [5.41, 5.74) is 5.32. The van der Waals surface area contributed by atoms with Crippen molar-refractivity contribution in [2.45, 2.75) is 26.2 Å². The van der Waals surface area contributed by atoms with E-state index >= 15 is 0 Å². The Morgan fingerprint density at radius 2 is 1.18 bits per heavy atom. The molecule has 0 unspecified atom stereocenters. The van der Waals surface area contributed by atoms with Gasteiger partial charge in [0.2, 0.25) is 0 Å². The second-order valence-electron chi connectivity index (χ2n) is 3.33. The lowest BCUT2D eigenvalue weighted by atomic mass is 10.4. The number of nitrogens with two attached hydrogens (primary N) is 1. The Balaban J connectivity index is 0. The van der Waals surface area contributed by atoms with Crippen LogP contribution in [0.15, 0.2) is 0 Å². The van der Waals surface area contributed by atoms with Crippen molar-refractivity contribution in [3.8, 4) is 0 Å². The smallest absolute Gasteiger partial charge is 0.0701 e. The van der Waals surface area contributed by atoms with Crippen molar-refractivity contribution in [3.05, 3.63) is 0 Å². The highest BCUT2D eigenvalue weighted by atomic mass is 32.1. The average molecular weight is 267 g/mol. The standard InChI is InChI=1S/C11H25NO3.CH4S/c1-2-3-6-13-8-10-15-11-9-14-7-4-5-12;1-2/h2-12H2,1H3;2H,1H3. The van der Waals surface area contributed by atoms with Crippen molar-refractivity contribution in [2.24, 2.45) is 5.73 Å². The molecule has 0 bridgehead atoms. The summed E-state index contributed by atoms with van der Waals surface area (Å²) >= 11 is 3.53.